The number of ether oxygens (including phenoxy) is 1. The summed E-state index contributed by atoms with van der Waals surface area (Å²) in [5.41, 5.74) is 4.44. The molecule has 4 aromatic heterocycles. The van der Waals surface area contributed by atoms with Crippen LogP contribution in [0.25, 0.3) is 21.7 Å². The molecular weight excluding hydrogens is 1060 g/mol. The van der Waals surface area contributed by atoms with Crippen LogP contribution in [0.5, 0.6) is 5.88 Å². The first kappa shape index (κ1) is 53.6. The molecule has 20 nitrogen and oxygen atoms in total. The quantitative estimate of drug-likeness (QED) is 0.115. The Morgan fingerprint density at radius 2 is 1.86 bits per heavy atom. The number of carbonyl (C=O) groups is 3. The predicted octanol–water partition coefficient (Wildman–Crippen LogP) is 4.18. The third-order valence-electron chi connectivity index (χ3n) is 15.7. The first-order valence-corrected chi connectivity index (χ1v) is 29.1. The summed E-state index contributed by atoms with van der Waals surface area (Å²) in [5.74, 6) is -4.22. The maximum absolute atomic E-state index is 15.5. The second kappa shape index (κ2) is 20.7. The van der Waals surface area contributed by atoms with Crippen LogP contribution in [0.4, 0.5) is 14.6 Å². The van der Waals surface area contributed by atoms with Crippen LogP contribution < -0.4 is 31.1 Å². The number of aryl methyl sites for hydroxylation is 2. The SMILES string of the molecule is Cc1ncsc1-c1ccc(C2(C)N=C(C3CC(O)CN3C(=O)C(c3cc(OCCN4CCC(NC(=O)C5=C(CS(C)(=O)=O)c6ccn(C)c(=O)c6C6=C7C5=CN(c5ncc(F)cc5F)C7CCN6)C4)no3)C(C)C)NC2=O)cc1. The van der Waals surface area contributed by atoms with E-state index in [1.807, 2.05) is 45.0 Å². The summed E-state index contributed by atoms with van der Waals surface area (Å²) in [7, 11) is -2.26. The van der Waals surface area contributed by atoms with Crippen molar-refractivity contribution < 1.29 is 45.9 Å². The topological polar surface area (TPSA) is 247 Å². The zero-order chi connectivity index (χ0) is 55.8. The molecule has 2 fully saturated rings. The molecule has 2 saturated heterocycles. The second-order valence-corrected chi connectivity index (χ2v) is 24.5. The van der Waals surface area contributed by atoms with E-state index in [1.165, 1.54) is 27.0 Å². The highest BCUT2D eigenvalue weighted by Gasteiger charge is 2.49. The van der Waals surface area contributed by atoms with E-state index >= 15 is 4.39 Å². The number of aliphatic hydroxyl groups is 1. The highest BCUT2D eigenvalue weighted by molar-refractivity contribution is 7.91. The second-order valence-electron chi connectivity index (χ2n) is 21.5. The lowest BCUT2D eigenvalue weighted by Crippen LogP contribution is -2.48. The van der Waals surface area contributed by atoms with E-state index in [4.69, 9.17) is 14.3 Å². The van der Waals surface area contributed by atoms with Gasteiger partial charge in [-0.2, -0.15) is 0 Å². The molecular formula is C55H59F2N11O9S2. The maximum atomic E-state index is 15.5. The molecule has 414 valence electrons. The summed E-state index contributed by atoms with van der Waals surface area (Å²) in [4.78, 5) is 76.7. The Morgan fingerprint density at radius 3 is 2.58 bits per heavy atom. The van der Waals surface area contributed by atoms with Gasteiger partial charge in [0.15, 0.2) is 32.8 Å². The number of nitrogens with zero attached hydrogens (tertiary/aromatic N) is 8. The molecule has 3 amide bonds. The number of pyridine rings is 2. The summed E-state index contributed by atoms with van der Waals surface area (Å²) < 4.78 is 69.4. The van der Waals surface area contributed by atoms with E-state index in [0.717, 1.165) is 34.7 Å². The molecule has 11 rings (SSSR count). The average Bonchev–Trinajstić information content (AvgIpc) is 4.42. The Bertz CT molecular complexity index is 3630. The first-order valence-electron chi connectivity index (χ1n) is 26.1. The van der Waals surface area contributed by atoms with Gasteiger partial charge in [-0.1, -0.05) is 38.1 Å². The van der Waals surface area contributed by atoms with Crippen LogP contribution in [-0.2, 0) is 36.8 Å². The fourth-order valence-corrected chi connectivity index (χ4v) is 13.4. The summed E-state index contributed by atoms with van der Waals surface area (Å²) in [5, 5.41) is 24.5. The molecule has 0 radical (unpaired) electrons. The van der Waals surface area contributed by atoms with E-state index in [-0.39, 0.29) is 77.0 Å². The Balaban J connectivity index is 0.772. The standard InChI is InChI=1S/C55H59F2N11O9S2/c1-28(2)43(53(72)68-24-34(69)20-40(68)49-62-54(73)55(4,63-49)31-9-7-30(8-10-31)48-29(3)60-27-78-48)41-21-42(64-77-41)76-18-17-66-16-12-33(23-66)61-51(70)44-36-25-67(50-38(57)19-32(56)22-59-50)39-11-14-58-47(45(36)39)46-35(13-15-65(5)52(46)71)37(44)26-79(6,74)75/h7-10,13,15,19,21-22,25,27-28,33-34,39-40,43,58,69H,11-12,14,16-18,20,23-24,26H2,1-6H3,(H,61,70)(H,62,63,73). The lowest BCUT2D eigenvalue weighted by Gasteiger charge is -2.32. The molecule has 6 atom stereocenters. The summed E-state index contributed by atoms with van der Waals surface area (Å²) in [6.45, 7) is 9.34. The molecule has 1 aliphatic carbocycles. The summed E-state index contributed by atoms with van der Waals surface area (Å²) in [6, 6.07) is 9.80. The van der Waals surface area contributed by atoms with Crippen molar-refractivity contribution >= 4 is 61.8 Å². The summed E-state index contributed by atoms with van der Waals surface area (Å²) in [6.07, 6.45) is 5.24. The number of halogens is 2. The van der Waals surface area contributed by atoms with Crippen LogP contribution in [0.15, 0.2) is 97.6 Å². The van der Waals surface area contributed by atoms with E-state index in [9.17, 15) is 37.1 Å². The molecule has 5 aromatic rings. The van der Waals surface area contributed by atoms with Gasteiger partial charge in [-0.15, -0.1) is 11.3 Å². The number of hydrogen-bond acceptors (Lipinski definition) is 17. The van der Waals surface area contributed by atoms with Gasteiger partial charge in [-0.3, -0.25) is 24.1 Å². The van der Waals surface area contributed by atoms with Crippen LogP contribution >= 0.6 is 11.3 Å². The number of nitrogens with one attached hydrogen (secondary N) is 3. The van der Waals surface area contributed by atoms with Crippen molar-refractivity contribution in [2.24, 2.45) is 18.0 Å². The normalized spacial score (nSPS) is 23.3. The number of anilines is 1. The number of aliphatic hydroxyl groups excluding tert-OH is 1. The van der Waals surface area contributed by atoms with E-state index in [0.29, 0.717) is 67.3 Å². The van der Waals surface area contributed by atoms with Crippen molar-refractivity contribution in [3.05, 3.63) is 133 Å². The Hall–Kier alpha value is -7.41. The zero-order valence-electron chi connectivity index (χ0n) is 44.2. The van der Waals surface area contributed by atoms with Crippen LogP contribution in [0.2, 0.25) is 0 Å². The van der Waals surface area contributed by atoms with Crippen molar-refractivity contribution in [1.82, 2.24) is 45.4 Å². The van der Waals surface area contributed by atoms with Gasteiger partial charge in [0, 0.05) is 94.2 Å². The number of amidine groups is 1. The maximum Gasteiger partial charge on any atom is 0.260 e. The van der Waals surface area contributed by atoms with Gasteiger partial charge in [0.05, 0.1) is 63.1 Å². The molecule has 24 heteroatoms. The van der Waals surface area contributed by atoms with Crippen molar-refractivity contribution in [2.45, 2.75) is 82.6 Å². The predicted molar refractivity (Wildman–Crippen MR) is 290 cm³/mol. The molecule has 5 aliphatic heterocycles. The number of thiazole rings is 1. The fraction of sp³-hybridized carbons (Fsp3) is 0.418. The number of hydrogen-bond donors (Lipinski definition) is 4. The van der Waals surface area contributed by atoms with Crippen LogP contribution in [-0.4, -0.2) is 142 Å². The van der Waals surface area contributed by atoms with Crippen LogP contribution in [0, 0.1) is 24.5 Å². The number of β-amino-alcohol motifs (C(OH)–C–C–N with tert-alkyl or cyclic N) is 1. The number of aliphatic imine (C=N–C) groups is 1. The van der Waals surface area contributed by atoms with Crippen molar-refractivity contribution in [3.8, 4) is 16.3 Å². The van der Waals surface area contributed by atoms with E-state index < -0.39 is 74.4 Å². The Kier molecular flexibility index (Phi) is 14.0. The number of benzene rings is 1. The van der Waals surface area contributed by atoms with E-state index in [1.54, 1.807) is 42.7 Å². The molecule has 0 spiro atoms. The van der Waals surface area contributed by atoms with Crippen molar-refractivity contribution in [1.29, 1.82) is 0 Å². The Morgan fingerprint density at radius 1 is 1.08 bits per heavy atom. The fourth-order valence-electron chi connectivity index (χ4n) is 11.8. The van der Waals surface area contributed by atoms with Gasteiger partial charge in [-0.25, -0.2) is 32.2 Å². The molecule has 79 heavy (non-hydrogen) atoms. The minimum absolute atomic E-state index is 0.0178. The van der Waals surface area contributed by atoms with Crippen LogP contribution in [0.1, 0.15) is 74.1 Å². The van der Waals surface area contributed by atoms with E-state index in [2.05, 4.69) is 36.0 Å². The third kappa shape index (κ3) is 9.96. The molecule has 9 heterocycles. The highest BCUT2D eigenvalue weighted by Crippen LogP contribution is 2.48. The Labute approximate surface area is 457 Å². The number of carbonyl (C=O) groups excluding carboxylic acids is 3. The number of fused-ring (bicyclic) bond motifs is 2. The van der Waals surface area contributed by atoms with Gasteiger partial charge in [0.25, 0.3) is 23.3 Å². The lowest BCUT2D eigenvalue weighted by atomic mass is 9.89. The van der Waals surface area contributed by atoms with Gasteiger partial charge >= 0.3 is 0 Å². The smallest absolute Gasteiger partial charge is 0.260 e. The average molecular weight is 1120 g/mol. The number of sulfone groups is 1. The van der Waals surface area contributed by atoms with Gasteiger partial charge in [0.1, 0.15) is 24.2 Å². The van der Waals surface area contributed by atoms with Crippen LogP contribution in [0.3, 0.4) is 0 Å². The van der Waals surface area contributed by atoms with Crippen molar-refractivity contribution in [2.75, 3.05) is 56.2 Å². The molecule has 4 N–H and O–H groups in total. The molecule has 6 aliphatic rings. The van der Waals surface area contributed by atoms with Gasteiger partial charge in [0.2, 0.25) is 5.91 Å². The molecule has 0 bridgehead atoms. The van der Waals surface area contributed by atoms with Crippen molar-refractivity contribution in [3.63, 3.8) is 0 Å². The number of amides is 3. The third-order valence-corrected chi connectivity index (χ3v) is 17.5. The summed E-state index contributed by atoms with van der Waals surface area (Å²) >= 11 is 1.54. The zero-order valence-corrected chi connectivity index (χ0v) is 45.9. The first-order chi connectivity index (χ1) is 37.7. The number of rotatable bonds is 15. The number of likely N-dealkylation sites (tertiary alicyclic amines) is 2. The number of aromatic nitrogens is 4. The molecule has 1 aromatic carbocycles. The molecule has 0 saturated carbocycles. The minimum Gasteiger partial charge on any atom is -0.474 e. The minimum atomic E-state index is -3.83. The highest BCUT2D eigenvalue weighted by atomic mass is 32.2. The largest absolute Gasteiger partial charge is 0.474 e. The van der Waals surface area contributed by atoms with Gasteiger partial charge < -0.3 is 44.7 Å². The van der Waals surface area contributed by atoms with Gasteiger partial charge in [-0.05, 0) is 66.1 Å². The monoisotopic (exact) mass is 1120 g/mol. The lowest BCUT2D eigenvalue weighted by molar-refractivity contribution is -0.134. The molecule has 6 unspecified atom stereocenters.